The average Bonchev–Trinajstić information content (AvgIpc) is 2.04. The molecule has 0 saturated heterocycles. The number of aliphatic hydroxyl groups excluding tert-OH is 1. The third kappa shape index (κ3) is 1.75. The lowest BCUT2D eigenvalue weighted by molar-refractivity contribution is -0.0559. The Bertz CT molecular complexity index is 260. The van der Waals surface area contributed by atoms with Crippen LogP contribution in [0.2, 0.25) is 0 Å². The number of benzene rings is 1. The maximum absolute atomic E-state index is 8.90. The molecule has 3 nitrogen and oxygen atoms in total. The Balaban J connectivity index is 2.94. The van der Waals surface area contributed by atoms with Gasteiger partial charge in [-0.1, -0.05) is 25.1 Å². The predicted molar refractivity (Wildman–Crippen MR) is 47.5 cm³/mol. The summed E-state index contributed by atoms with van der Waals surface area (Å²) in [5.74, 6) is -0.341. The van der Waals surface area contributed by atoms with E-state index in [1.165, 1.54) is 0 Å². The van der Waals surface area contributed by atoms with E-state index in [0.29, 0.717) is 5.69 Å². The van der Waals surface area contributed by atoms with Crippen molar-refractivity contribution < 1.29 is 10.2 Å². The Morgan fingerprint density at radius 2 is 1.83 bits per heavy atom. The van der Waals surface area contributed by atoms with Gasteiger partial charge in [0.05, 0.1) is 0 Å². The highest BCUT2D eigenvalue weighted by molar-refractivity contribution is 5.48. The number of aliphatic hydroxyl groups is 2. The Hall–Kier alpha value is -1.06. The number of hydrogen-bond acceptors (Lipinski definition) is 3. The van der Waals surface area contributed by atoms with Gasteiger partial charge in [-0.3, -0.25) is 0 Å². The molecular formula is C9H13NO2. The number of rotatable bonds is 2. The van der Waals surface area contributed by atoms with Gasteiger partial charge in [0.25, 0.3) is 0 Å². The minimum absolute atomic E-state index is 0.341. The first-order valence-electron chi connectivity index (χ1n) is 3.83. The van der Waals surface area contributed by atoms with Crippen LogP contribution in [0.15, 0.2) is 24.3 Å². The van der Waals surface area contributed by atoms with Gasteiger partial charge in [0.2, 0.25) is 0 Å². The molecule has 0 aliphatic heterocycles. The Morgan fingerprint density at radius 1 is 1.25 bits per heavy atom. The van der Waals surface area contributed by atoms with Crippen molar-refractivity contribution in [3.05, 3.63) is 29.8 Å². The van der Waals surface area contributed by atoms with Crippen LogP contribution < -0.4 is 5.73 Å². The fraction of sp³-hybridized carbons (Fsp3) is 0.333. The summed E-state index contributed by atoms with van der Waals surface area (Å²) < 4.78 is 0. The van der Waals surface area contributed by atoms with Crippen LogP contribution in [0.4, 0.5) is 5.69 Å². The summed E-state index contributed by atoms with van der Waals surface area (Å²) in [5.41, 5.74) is 7.00. The summed E-state index contributed by atoms with van der Waals surface area (Å²) in [5, 5.41) is 17.8. The molecule has 1 rings (SSSR count). The zero-order valence-corrected chi connectivity index (χ0v) is 6.94. The van der Waals surface area contributed by atoms with E-state index in [4.69, 9.17) is 15.9 Å². The minimum Gasteiger partial charge on any atom is -0.398 e. The molecule has 0 unspecified atom stereocenters. The quantitative estimate of drug-likeness (QED) is 0.448. The second kappa shape index (κ2) is 3.56. The molecule has 0 bridgehead atoms. The fourth-order valence-corrected chi connectivity index (χ4v) is 1.09. The van der Waals surface area contributed by atoms with Crippen molar-refractivity contribution in [1.29, 1.82) is 0 Å². The van der Waals surface area contributed by atoms with Crippen LogP contribution in [0.3, 0.4) is 0 Å². The molecule has 0 spiro atoms. The lowest BCUT2D eigenvalue weighted by Crippen LogP contribution is -2.15. The third-order valence-corrected chi connectivity index (χ3v) is 1.93. The highest BCUT2D eigenvalue weighted by Crippen LogP contribution is 2.23. The van der Waals surface area contributed by atoms with Crippen LogP contribution >= 0.6 is 0 Å². The van der Waals surface area contributed by atoms with Crippen LogP contribution in [-0.2, 0) is 0 Å². The topological polar surface area (TPSA) is 66.5 Å². The zero-order chi connectivity index (χ0) is 9.14. The summed E-state index contributed by atoms with van der Waals surface area (Å²) >= 11 is 0. The maximum Gasteiger partial charge on any atom is 0.158 e. The van der Waals surface area contributed by atoms with Crippen LogP contribution in [0.5, 0.6) is 0 Å². The lowest BCUT2D eigenvalue weighted by atomic mass is 9.99. The van der Waals surface area contributed by atoms with Gasteiger partial charge in [-0.05, 0) is 11.6 Å². The fourth-order valence-electron chi connectivity index (χ4n) is 1.09. The van der Waals surface area contributed by atoms with E-state index in [2.05, 4.69) is 0 Å². The smallest absolute Gasteiger partial charge is 0.158 e. The van der Waals surface area contributed by atoms with Gasteiger partial charge in [0.1, 0.15) is 0 Å². The van der Waals surface area contributed by atoms with Gasteiger partial charge < -0.3 is 15.9 Å². The molecule has 0 aliphatic carbocycles. The standard InChI is InChI=1S/C9H13NO2/c1-6(9(11)12)7-4-2-3-5-8(7)10/h2-6,9,11-12H,10H2,1H3/t6-/m1/s1. The molecule has 12 heavy (non-hydrogen) atoms. The lowest BCUT2D eigenvalue weighted by Gasteiger charge is -2.15. The number of para-hydroxylation sites is 1. The van der Waals surface area contributed by atoms with E-state index in [-0.39, 0.29) is 5.92 Å². The van der Waals surface area contributed by atoms with E-state index in [1.807, 2.05) is 12.1 Å². The van der Waals surface area contributed by atoms with Crippen molar-refractivity contribution in [3.8, 4) is 0 Å². The van der Waals surface area contributed by atoms with Crippen LogP contribution in [0.1, 0.15) is 18.4 Å². The van der Waals surface area contributed by atoms with Gasteiger partial charge >= 0.3 is 0 Å². The van der Waals surface area contributed by atoms with Crippen molar-refractivity contribution >= 4 is 5.69 Å². The van der Waals surface area contributed by atoms with Gasteiger partial charge in [0, 0.05) is 11.6 Å². The molecule has 66 valence electrons. The first-order chi connectivity index (χ1) is 5.63. The van der Waals surface area contributed by atoms with Gasteiger partial charge in [-0.15, -0.1) is 0 Å². The van der Waals surface area contributed by atoms with Crippen molar-refractivity contribution in [2.45, 2.75) is 19.1 Å². The van der Waals surface area contributed by atoms with Crippen LogP contribution in [0, 0.1) is 0 Å². The zero-order valence-electron chi connectivity index (χ0n) is 6.94. The van der Waals surface area contributed by atoms with Gasteiger partial charge in [-0.2, -0.15) is 0 Å². The molecule has 0 fully saturated rings. The van der Waals surface area contributed by atoms with E-state index in [0.717, 1.165) is 5.56 Å². The predicted octanol–water partition coefficient (Wildman–Crippen LogP) is 0.683. The SMILES string of the molecule is C[C@H](c1ccccc1N)C(O)O. The van der Waals surface area contributed by atoms with E-state index in [1.54, 1.807) is 19.1 Å². The molecule has 0 aliphatic rings. The molecule has 0 aromatic heterocycles. The summed E-state index contributed by atoms with van der Waals surface area (Å²) in [4.78, 5) is 0. The second-order valence-electron chi connectivity index (χ2n) is 2.83. The molecule has 1 atom stereocenters. The average molecular weight is 167 g/mol. The van der Waals surface area contributed by atoms with Crippen molar-refractivity contribution in [2.24, 2.45) is 0 Å². The summed E-state index contributed by atoms with van der Waals surface area (Å²) in [7, 11) is 0. The Labute approximate surface area is 71.5 Å². The largest absolute Gasteiger partial charge is 0.398 e. The minimum atomic E-state index is -1.35. The highest BCUT2D eigenvalue weighted by atomic mass is 16.5. The highest BCUT2D eigenvalue weighted by Gasteiger charge is 2.14. The molecule has 1 aromatic carbocycles. The summed E-state index contributed by atoms with van der Waals surface area (Å²) in [6.07, 6.45) is -1.35. The molecule has 3 heteroatoms. The van der Waals surface area contributed by atoms with Crippen LogP contribution in [-0.4, -0.2) is 16.5 Å². The number of hydrogen-bond donors (Lipinski definition) is 3. The Morgan fingerprint density at radius 3 is 2.33 bits per heavy atom. The molecule has 0 amide bonds. The van der Waals surface area contributed by atoms with Gasteiger partial charge in [0.15, 0.2) is 6.29 Å². The monoisotopic (exact) mass is 167 g/mol. The number of nitrogen functional groups attached to an aromatic ring is 1. The number of nitrogens with two attached hydrogens (primary N) is 1. The first kappa shape index (κ1) is 9.03. The molecule has 4 N–H and O–H groups in total. The van der Waals surface area contributed by atoms with E-state index >= 15 is 0 Å². The Kier molecular flexibility index (Phi) is 2.68. The van der Waals surface area contributed by atoms with Crippen LogP contribution in [0.25, 0.3) is 0 Å². The van der Waals surface area contributed by atoms with Crippen molar-refractivity contribution in [1.82, 2.24) is 0 Å². The summed E-state index contributed by atoms with van der Waals surface area (Å²) in [6.45, 7) is 1.72. The van der Waals surface area contributed by atoms with E-state index in [9.17, 15) is 0 Å². The van der Waals surface area contributed by atoms with Gasteiger partial charge in [-0.25, -0.2) is 0 Å². The van der Waals surface area contributed by atoms with Crippen molar-refractivity contribution in [2.75, 3.05) is 5.73 Å². The molecule has 0 radical (unpaired) electrons. The maximum atomic E-state index is 8.90. The summed E-state index contributed by atoms with van der Waals surface area (Å²) in [6, 6.07) is 7.17. The normalized spacial score (nSPS) is 13.3. The second-order valence-corrected chi connectivity index (χ2v) is 2.83. The van der Waals surface area contributed by atoms with Crippen molar-refractivity contribution in [3.63, 3.8) is 0 Å². The molecule has 0 saturated carbocycles. The molecule has 1 aromatic rings. The molecule has 0 heterocycles. The molecular weight excluding hydrogens is 154 g/mol. The van der Waals surface area contributed by atoms with E-state index < -0.39 is 6.29 Å². The first-order valence-corrected chi connectivity index (χ1v) is 3.83. The number of anilines is 1. The third-order valence-electron chi connectivity index (χ3n) is 1.93.